The Bertz CT molecular complexity index is 2070. The van der Waals surface area contributed by atoms with Crippen molar-refractivity contribution in [2.75, 3.05) is 46.9 Å². The Morgan fingerprint density at radius 2 is 1.79 bits per heavy atom. The second kappa shape index (κ2) is 16.3. The molecule has 0 radical (unpaired) electrons. The predicted octanol–water partition coefficient (Wildman–Crippen LogP) is 3.33. The average Bonchev–Trinajstić information content (AvgIpc) is 4.08. The van der Waals surface area contributed by atoms with Crippen molar-refractivity contribution in [1.82, 2.24) is 35.0 Å². The van der Waals surface area contributed by atoms with Crippen molar-refractivity contribution < 1.29 is 41.5 Å². The number of sulfonamides is 1. The van der Waals surface area contributed by atoms with E-state index in [2.05, 4.69) is 32.2 Å². The summed E-state index contributed by atoms with van der Waals surface area (Å²) >= 11 is 0. The number of ether oxygens (including phenoxy) is 2. The van der Waals surface area contributed by atoms with Crippen molar-refractivity contribution in [1.29, 1.82) is 0 Å². The molecule has 15 nitrogen and oxygen atoms in total. The molecule has 1 aromatic carbocycles. The molecule has 2 saturated carbocycles. The third-order valence-corrected chi connectivity index (χ3v) is 15.1. The number of carbonyl (C=O) groups is 4. The molecule has 316 valence electrons. The van der Waals surface area contributed by atoms with Crippen molar-refractivity contribution in [3.63, 3.8) is 0 Å². The minimum Gasteiger partial charge on any atom is -0.491 e. The zero-order valence-electron chi connectivity index (χ0n) is 34.0. The van der Waals surface area contributed by atoms with Crippen molar-refractivity contribution in [3.8, 4) is 11.6 Å². The van der Waals surface area contributed by atoms with E-state index in [1.165, 1.54) is 12.0 Å². The molecule has 0 spiro atoms. The van der Waals surface area contributed by atoms with Crippen molar-refractivity contribution in [3.05, 3.63) is 42.4 Å². The minimum atomic E-state index is -4.03. The second-order valence-corrected chi connectivity index (χ2v) is 19.4. The first-order valence-electron chi connectivity index (χ1n) is 20.5. The van der Waals surface area contributed by atoms with Crippen LogP contribution >= 0.6 is 0 Å². The Balaban J connectivity index is 1.24. The largest absolute Gasteiger partial charge is 0.491 e. The van der Waals surface area contributed by atoms with Crippen molar-refractivity contribution in [2.24, 2.45) is 17.8 Å². The van der Waals surface area contributed by atoms with E-state index in [-0.39, 0.29) is 48.9 Å². The highest BCUT2D eigenvalue weighted by Gasteiger charge is 2.63. The van der Waals surface area contributed by atoms with Gasteiger partial charge in [0.25, 0.3) is 11.9 Å². The van der Waals surface area contributed by atoms with Gasteiger partial charge in [-0.25, -0.2) is 13.2 Å². The number of hydrogen-bond donors (Lipinski definition) is 3. The maximum absolute atomic E-state index is 15.3. The number of aromatic nitrogens is 1. The first kappa shape index (κ1) is 41.6. The Labute approximate surface area is 339 Å². The second-order valence-electron chi connectivity index (χ2n) is 17.2. The molecule has 3 N–H and O–H groups in total. The number of allylic oxidation sites excluding steroid dienone is 1. The number of carbonyl (C=O) groups excluding carboxylic acids is 4. The molecule has 17 heteroatoms. The SMILES string of the molecule is CC[C@@H]1C[C@H](C)CC/C=C\[C@@H]2C[C@@]2(C(=O)NS(=O)(=O)C2(C)CC2)NC(=O)[C@@H]2C[C@@H](Oc3nc(F)c(OC)c4ccccc34)CN2C(=O)[C@H]1NC(=O)N1CCN(C)CC1. The summed E-state index contributed by atoms with van der Waals surface area (Å²) in [5.74, 6) is -3.55. The summed E-state index contributed by atoms with van der Waals surface area (Å²) in [5.41, 5.74) is -1.57. The number of piperazine rings is 1. The van der Waals surface area contributed by atoms with E-state index in [0.29, 0.717) is 69.1 Å². The summed E-state index contributed by atoms with van der Waals surface area (Å²) in [7, 11) is -0.694. The lowest BCUT2D eigenvalue weighted by Gasteiger charge is -2.37. The van der Waals surface area contributed by atoms with Crippen LogP contribution < -0.4 is 24.8 Å². The molecule has 2 aliphatic carbocycles. The Kier molecular flexibility index (Phi) is 11.7. The quantitative estimate of drug-likeness (QED) is 0.264. The van der Waals surface area contributed by atoms with Crippen LogP contribution in [0.5, 0.6) is 11.6 Å². The Morgan fingerprint density at radius 3 is 2.47 bits per heavy atom. The third-order valence-electron chi connectivity index (χ3n) is 12.9. The first-order chi connectivity index (χ1) is 27.6. The van der Waals surface area contributed by atoms with Gasteiger partial charge in [0.15, 0.2) is 5.75 Å². The number of amides is 5. The lowest BCUT2D eigenvalue weighted by molar-refractivity contribution is -0.142. The van der Waals surface area contributed by atoms with Gasteiger partial charge in [-0.05, 0) is 70.4 Å². The molecule has 2 aromatic rings. The van der Waals surface area contributed by atoms with Gasteiger partial charge >= 0.3 is 6.03 Å². The fourth-order valence-electron chi connectivity index (χ4n) is 8.67. The fraction of sp³-hybridized carbons (Fsp3) is 0.634. The molecule has 5 aliphatic rings. The number of methoxy groups -OCH3 is 1. The van der Waals surface area contributed by atoms with Crippen LogP contribution in [-0.2, 0) is 24.4 Å². The molecule has 7 atom stereocenters. The number of halogens is 1. The molecule has 58 heavy (non-hydrogen) atoms. The normalized spacial score (nSPS) is 30.9. The van der Waals surface area contributed by atoms with E-state index in [1.54, 1.807) is 36.1 Å². The molecule has 7 rings (SSSR count). The van der Waals surface area contributed by atoms with E-state index in [9.17, 15) is 22.8 Å². The summed E-state index contributed by atoms with van der Waals surface area (Å²) in [6.07, 6.45) is 6.58. The van der Waals surface area contributed by atoms with Crippen LogP contribution in [0.1, 0.15) is 72.1 Å². The third kappa shape index (κ3) is 8.20. The van der Waals surface area contributed by atoms with Crippen molar-refractivity contribution >= 4 is 44.5 Å². The monoisotopic (exact) mass is 825 g/mol. The standard InChI is InChI=1S/C41H56FN7O8S/c1-6-26-21-25(2)11-7-8-12-27-23-41(27,38(52)46-58(54,55)40(3)15-16-40)45-35(50)31-22-28(57-36-30-14-10-9-13-29(30)33(56-5)34(42)44-36)24-49(31)37(51)32(26)43-39(53)48-19-17-47(4)18-20-48/h8-10,12-14,25-28,31-32H,6-7,11,15-24H2,1-5H3,(H,43,53)(H,45,50)(H,46,52)/b12-8-/t25-,26-,27-,28-,31+,32+,41-/m1/s1. The number of rotatable bonds is 8. The van der Waals surface area contributed by atoms with E-state index < -0.39 is 68.1 Å². The van der Waals surface area contributed by atoms with Crippen LogP contribution in [0, 0.1) is 23.7 Å². The molecule has 5 amide bonds. The van der Waals surface area contributed by atoms with E-state index in [4.69, 9.17) is 9.47 Å². The maximum atomic E-state index is 15.3. The van der Waals surface area contributed by atoms with Crippen LogP contribution in [0.4, 0.5) is 9.18 Å². The zero-order valence-corrected chi connectivity index (χ0v) is 34.8. The average molecular weight is 826 g/mol. The fourth-order valence-corrected chi connectivity index (χ4v) is 9.98. The number of nitrogens with zero attached hydrogens (tertiary/aromatic N) is 4. The van der Waals surface area contributed by atoms with Crippen LogP contribution in [0.25, 0.3) is 10.8 Å². The zero-order chi connectivity index (χ0) is 41.6. The number of hydrogen-bond acceptors (Lipinski definition) is 10. The van der Waals surface area contributed by atoms with Gasteiger partial charge in [0.05, 0.1) is 18.4 Å². The lowest BCUT2D eigenvalue weighted by atomic mass is 9.85. The number of nitrogens with one attached hydrogen (secondary N) is 3. The van der Waals surface area contributed by atoms with Gasteiger partial charge in [0.2, 0.25) is 27.7 Å². The summed E-state index contributed by atoms with van der Waals surface area (Å²) in [6, 6.07) is 4.31. The van der Waals surface area contributed by atoms with Crippen LogP contribution in [0.3, 0.4) is 0 Å². The number of pyridine rings is 1. The predicted molar refractivity (Wildman–Crippen MR) is 214 cm³/mol. The van der Waals surface area contributed by atoms with Gasteiger partial charge in [-0.3, -0.25) is 19.1 Å². The topological polar surface area (TPSA) is 180 Å². The van der Waals surface area contributed by atoms with Crippen LogP contribution in [0.2, 0.25) is 0 Å². The van der Waals surface area contributed by atoms with Gasteiger partial charge in [0, 0.05) is 49.3 Å². The molecule has 4 heterocycles. The van der Waals surface area contributed by atoms with E-state index >= 15 is 9.18 Å². The molecular weight excluding hydrogens is 770 g/mol. The first-order valence-corrected chi connectivity index (χ1v) is 22.0. The smallest absolute Gasteiger partial charge is 0.318 e. The summed E-state index contributed by atoms with van der Waals surface area (Å²) in [4.78, 5) is 66.9. The molecule has 0 unspecified atom stereocenters. The lowest BCUT2D eigenvalue weighted by Crippen LogP contribution is -2.61. The molecule has 1 aromatic heterocycles. The molecule has 2 saturated heterocycles. The number of likely N-dealkylation sites (N-methyl/N-ethyl adjacent to an activating group) is 1. The summed E-state index contributed by atoms with van der Waals surface area (Å²) in [5, 5.41) is 6.87. The van der Waals surface area contributed by atoms with Gasteiger partial charge in [0.1, 0.15) is 23.7 Å². The number of benzene rings is 1. The summed E-state index contributed by atoms with van der Waals surface area (Å²) in [6.45, 7) is 7.92. The summed E-state index contributed by atoms with van der Waals surface area (Å²) < 4.78 is 54.6. The Morgan fingerprint density at radius 1 is 1.09 bits per heavy atom. The van der Waals surface area contributed by atoms with Crippen LogP contribution in [0.15, 0.2) is 36.4 Å². The highest BCUT2D eigenvalue weighted by Crippen LogP contribution is 2.48. The van der Waals surface area contributed by atoms with Gasteiger partial charge < -0.3 is 34.8 Å². The van der Waals surface area contributed by atoms with E-state index in [0.717, 1.165) is 6.42 Å². The highest BCUT2D eigenvalue weighted by atomic mass is 32.2. The number of fused-ring (bicyclic) bond motifs is 3. The Hall–Kier alpha value is -4.51. The minimum absolute atomic E-state index is 0.0447. The van der Waals surface area contributed by atoms with Gasteiger partial charge in [-0.15, -0.1) is 0 Å². The molecule has 3 aliphatic heterocycles. The van der Waals surface area contributed by atoms with E-state index in [1.807, 2.05) is 26.1 Å². The van der Waals surface area contributed by atoms with Crippen molar-refractivity contribution in [2.45, 2.75) is 101 Å². The number of urea groups is 1. The van der Waals surface area contributed by atoms with Gasteiger partial charge in [-0.1, -0.05) is 50.6 Å². The maximum Gasteiger partial charge on any atom is 0.318 e. The van der Waals surface area contributed by atoms with Gasteiger partial charge in [-0.2, -0.15) is 9.37 Å². The van der Waals surface area contributed by atoms with Crippen LogP contribution in [-0.4, -0.2) is 127 Å². The molecule has 4 fully saturated rings. The molecular formula is C41H56FN7O8S. The highest BCUT2D eigenvalue weighted by molar-refractivity contribution is 7.91. The molecule has 0 bridgehead atoms.